The Labute approximate surface area is 114 Å². The summed E-state index contributed by atoms with van der Waals surface area (Å²) in [4.78, 5) is 0. The van der Waals surface area contributed by atoms with Crippen LogP contribution in [0.2, 0.25) is 0 Å². The van der Waals surface area contributed by atoms with E-state index in [0.717, 1.165) is 21.8 Å². The Kier molecular flexibility index (Phi) is 4.99. The molecule has 0 saturated heterocycles. The van der Waals surface area contributed by atoms with Gasteiger partial charge in [0.1, 0.15) is 5.82 Å². The predicted octanol–water partition coefficient (Wildman–Crippen LogP) is 5.19. The van der Waals surface area contributed by atoms with Gasteiger partial charge in [0, 0.05) is 9.80 Å². The first-order valence-corrected chi connectivity index (χ1v) is 7.26. The van der Waals surface area contributed by atoms with Crippen molar-refractivity contribution < 1.29 is 4.39 Å². The van der Waals surface area contributed by atoms with Crippen LogP contribution in [0.15, 0.2) is 22.7 Å². The van der Waals surface area contributed by atoms with Crippen molar-refractivity contribution in [2.75, 3.05) is 5.33 Å². The molecule has 1 atom stereocenters. The van der Waals surface area contributed by atoms with Gasteiger partial charge in [-0.3, -0.25) is 0 Å². The summed E-state index contributed by atoms with van der Waals surface area (Å²) in [7, 11) is 0. The number of halogens is 3. The largest absolute Gasteiger partial charge is 0.207 e. The van der Waals surface area contributed by atoms with Crippen LogP contribution in [0.4, 0.5) is 4.39 Å². The Hall–Kier alpha value is 0.110. The fourth-order valence-electron chi connectivity index (χ4n) is 1.56. The molecular weight excluding hydrogens is 335 g/mol. The third-order valence-electron chi connectivity index (χ3n) is 2.89. The van der Waals surface area contributed by atoms with Crippen LogP contribution in [0.3, 0.4) is 0 Å². The number of hydrogen-bond acceptors (Lipinski definition) is 0. The van der Waals surface area contributed by atoms with Crippen molar-refractivity contribution in [3.8, 4) is 0 Å². The molecule has 0 aromatic heterocycles. The summed E-state index contributed by atoms with van der Waals surface area (Å²) in [5.41, 5.74) is 1.26. The molecule has 0 spiro atoms. The Morgan fingerprint density at radius 1 is 1.31 bits per heavy atom. The molecule has 0 heterocycles. The van der Waals surface area contributed by atoms with Gasteiger partial charge in [-0.15, -0.1) is 0 Å². The summed E-state index contributed by atoms with van der Waals surface area (Å²) in [5.74, 6) is 0.325. The molecule has 16 heavy (non-hydrogen) atoms. The van der Waals surface area contributed by atoms with E-state index >= 15 is 0 Å². The highest BCUT2D eigenvalue weighted by atomic mass is 79.9. The third kappa shape index (κ3) is 3.85. The molecule has 90 valence electrons. The van der Waals surface area contributed by atoms with Crippen molar-refractivity contribution in [1.29, 1.82) is 0 Å². The lowest BCUT2D eigenvalue weighted by Crippen LogP contribution is -2.24. The Bertz CT molecular complexity index is 355. The molecule has 0 nitrogen and oxygen atoms in total. The van der Waals surface area contributed by atoms with E-state index in [1.165, 1.54) is 6.07 Å². The van der Waals surface area contributed by atoms with Crippen LogP contribution in [0.5, 0.6) is 0 Å². The van der Waals surface area contributed by atoms with Crippen LogP contribution in [0, 0.1) is 17.2 Å². The molecule has 0 aliphatic heterocycles. The molecule has 1 unspecified atom stereocenters. The average Bonchev–Trinajstić information content (AvgIpc) is 2.17. The van der Waals surface area contributed by atoms with E-state index in [9.17, 15) is 4.39 Å². The first-order chi connectivity index (χ1) is 7.34. The second-order valence-electron chi connectivity index (χ2n) is 5.16. The highest BCUT2D eigenvalue weighted by molar-refractivity contribution is 9.10. The first kappa shape index (κ1) is 14.2. The van der Waals surface area contributed by atoms with Crippen LogP contribution in [0.25, 0.3) is 0 Å². The number of rotatable bonds is 3. The van der Waals surface area contributed by atoms with Crippen LogP contribution in [-0.4, -0.2) is 5.33 Å². The lowest BCUT2D eigenvalue weighted by molar-refractivity contribution is 0.266. The lowest BCUT2D eigenvalue weighted by Gasteiger charge is -2.29. The van der Waals surface area contributed by atoms with E-state index in [2.05, 4.69) is 52.6 Å². The van der Waals surface area contributed by atoms with E-state index in [-0.39, 0.29) is 11.2 Å². The van der Waals surface area contributed by atoms with Gasteiger partial charge < -0.3 is 0 Å². The van der Waals surface area contributed by atoms with Gasteiger partial charge in [0.15, 0.2) is 0 Å². The smallest absolute Gasteiger partial charge is 0.123 e. The monoisotopic (exact) mass is 350 g/mol. The van der Waals surface area contributed by atoms with Gasteiger partial charge in [0.25, 0.3) is 0 Å². The number of alkyl halides is 1. The van der Waals surface area contributed by atoms with Crippen molar-refractivity contribution >= 4 is 31.9 Å². The van der Waals surface area contributed by atoms with Crippen LogP contribution < -0.4 is 0 Å². The maximum Gasteiger partial charge on any atom is 0.123 e. The molecule has 0 N–H and O–H groups in total. The molecule has 1 aromatic rings. The summed E-state index contributed by atoms with van der Waals surface area (Å²) in [6, 6.07) is 4.87. The fraction of sp³-hybridized carbons (Fsp3) is 0.538. The SMILES string of the molecule is CC(C)(C)C(CBr)Cc1cc(F)ccc1Br. The van der Waals surface area contributed by atoms with Crippen molar-refractivity contribution in [2.24, 2.45) is 11.3 Å². The highest BCUT2D eigenvalue weighted by Crippen LogP contribution is 2.32. The minimum Gasteiger partial charge on any atom is -0.207 e. The lowest BCUT2D eigenvalue weighted by atomic mass is 9.78. The zero-order chi connectivity index (χ0) is 12.3. The second kappa shape index (κ2) is 5.63. The molecule has 0 bridgehead atoms. The second-order valence-corrected chi connectivity index (χ2v) is 6.66. The van der Waals surface area contributed by atoms with Gasteiger partial charge in [-0.2, -0.15) is 0 Å². The maximum absolute atomic E-state index is 13.2. The topological polar surface area (TPSA) is 0 Å². The highest BCUT2D eigenvalue weighted by Gasteiger charge is 2.24. The summed E-state index contributed by atoms with van der Waals surface area (Å²) in [5, 5.41) is 0.930. The van der Waals surface area contributed by atoms with E-state index in [0.29, 0.717) is 5.92 Å². The Morgan fingerprint density at radius 2 is 1.94 bits per heavy atom. The van der Waals surface area contributed by atoms with E-state index in [1.807, 2.05) is 0 Å². The van der Waals surface area contributed by atoms with E-state index in [1.54, 1.807) is 12.1 Å². The van der Waals surface area contributed by atoms with Crippen molar-refractivity contribution in [3.05, 3.63) is 34.1 Å². The van der Waals surface area contributed by atoms with Crippen LogP contribution in [-0.2, 0) is 6.42 Å². The molecule has 0 saturated carbocycles. The summed E-state index contributed by atoms with van der Waals surface area (Å²) in [6.45, 7) is 6.64. The number of benzene rings is 1. The molecule has 0 fully saturated rings. The Morgan fingerprint density at radius 3 is 2.44 bits per heavy atom. The minimum atomic E-state index is -0.166. The third-order valence-corrected chi connectivity index (χ3v) is 4.44. The predicted molar refractivity (Wildman–Crippen MR) is 74.5 cm³/mol. The zero-order valence-electron chi connectivity index (χ0n) is 9.86. The van der Waals surface area contributed by atoms with Gasteiger partial charge in [0.2, 0.25) is 0 Å². The Balaban J connectivity index is 2.90. The quantitative estimate of drug-likeness (QED) is 0.657. The molecule has 0 radical (unpaired) electrons. The summed E-state index contributed by atoms with van der Waals surface area (Å²) in [6.07, 6.45) is 0.882. The van der Waals surface area contributed by atoms with Crippen molar-refractivity contribution in [1.82, 2.24) is 0 Å². The molecule has 1 rings (SSSR count). The summed E-state index contributed by atoms with van der Waals surface area (Å²) < 4.78 is 14.2. The normalized spacial score (nSPS) is 13.9. The number of hydrogen-bond donors (Lipinski definition) is 0. The van der Waals surface area contributed by atoms with Gasteiger partial charge in [-0.25, -0.2) is 4.39 Å². The summed E-state index contributed by atoms with van der Waals surface area (Å²) >= 11 is 7.02. The molecule has 1 aromatic carbocycles. The maximum atomic E-state index is 13.2. The van der Waals surface area contributed by atoms with E-state index in [4.69, 9.17) is 0 Å². The fourth-order valence-corrected chi connectivity index (χ4v) is 3.17. The van der Waals surface area contributed by atoms with E-state index < -0.39 is 0 Å². The molecule has 0 aliphatic rings. The van der Waals surface area contributed by atoms with Gasteiger partial charge >= 0.3 is 0 Å². The molecule has 0 aliphatic carbocycles. The van der Waals surface area contributed by atoms with Gasteiger partial charge in [-0.05, 0) is 41.5 Å². The van der Waals surface area contributed by atoms with Crippen LogP contribution in [0.1, 0.15) is 26.3 Å². The average molecular weight is 352 g/mol. The minimum absolute atomic E-state index is 0.166. The van der Waals surface area contributed by atoms with Crippen molar-refractivity contribution in [2.45, 2.75) is 27.2 Å². The molecular formula is C13H17Br2F. The molecule has 3 heteroatoms. The molecule has 0 amide bonds. The zero-order valence-corrected chi connectivity index (χ0v) is 13.0. The van der Waals surface area contributed by atoms with Crippen molar-refractivity contribution in [3.63, 3.8) is 0 Å². The van der Waals surface area contributed by atoms with Gasteiger partial charge in [-0.1, -0.05) is 52.6 Å². The van der Waals surface area contributed by atoms with Crippen LogP contribution >= 0.6 is 31.9 Å². The van der Waals surface area contributed by atoms with Gasteiger partial charge in [0.05, 0.1) is 0 Å². The standard InChI is InChI=1S/C13H17Br2F/c1-13(2,3)10(8-14)6-9-7-11(16)4-5-12(9)15/h4-5,7,10H,6,8H2,1-3H3. The first-order valence-electron chi connectivity index (χ1n) is 5.34.